The number of hydrogen-bond donors (Lipinski definition) is 0. The third kappa shape index (κ3) is 3.23. The van der Waals surface area contributed by atoms with E-state index in [0.29, 0.717) is 29.5 Å². The molecule has 0 amide bonds. The number of ether oxygens (including phenoxy) is 2. The topological polar surface area (TPSA) is 53.4 Å². The van der Waals surface area contributed by atoms with Crippen LogP contribution in [0.4, 0.5) is 0 Å². The zero-order valence-corrected chi connectivity index (χ0v) is 14.6. The molecule has 2 heterocycles. The molecule has 0 N–H and O–H groups in total. The molecule has 0 spiro atoms. The minimum absolute atomic E-state index is 0.138. The summed E-state index contributed by atoms with van der Waals surface area (Å²) in [6, 6.07) is 14.8. The maximum Gasteiger partial charge on any atom is 0.291 e. The van der Waals surface area contributed by atoms with Crippen molar-refractivity contribution in [3.05, 3.63) is 70.1 Å². The van der Waals surface area contributed by atoms with Crippen molar-refractivity contribution in [3.63, 3.8) is 0 Å². The minimum atomic E-state index is -0.351. The molecule has 0 aliphatic carbocycles. The van der Waals surface area contributed by atoms with E-state index in [-0.39, 0.29) is 10.6 Å². The molecular formula is C18H13ClN2O3S. The van der Waals surface area contributed by atoms with E-state index in [1.54, 1.807) is 18.3 Å². The van der Waals surface area contributed by atoms with E-state index in [0.717, 1.165) is 10.6 Å². The average molecular weight is 373 g/mol. The molecule has 1 aliphatic rings. The highest BCUT2D eigenvalue weighted by Crippen LogP contribution is 2.38. The lowest BCUT2D eigenvalue weighted by atomic mass is 10.3. The van der Waals surface area contributed by atoms with Crippen molar-refractivity contribution < 1.29 is 9.47 Å². The van der Waals surface area contributed by atoms with Crippen LogP contribution < -0.4 is 15.0 Å². The number of fused-ring (bicyclic) bond motifs is 1. The van der Waals surface area contributed by atoms with Crippen LogP contribution in [0, 0.1) is 0 Å². The molecule has 0 radical (unpaired) electrons. The van der Waals surface area contributed by atoms with E-state index < -0.39 is 0 Å². The summed E-state index contributed by atoms with van der Waals surface area (Å²) in [5.74, 6) is 1.41. The summed E-state index contributed by atoms with van der Waals surface area (Å²) in [4.78, 5) is 14.0. The molecule has 0 saturated heterocycles. The van der Waals surface area contributed by atoms with Gasteiger partial charge in [0.25, 0.3) is 5.56 Å². The Bertz CT molecular complexity index is 976. The molecule has 5 nitrogen and oxygen atoms in total. The largest absolute Gasteiger partial charge is 0.486 e. The minimum Gasteiger partial charge on any atom is -0.486 e. The fourth-order valence-corrected chi connectivity index (χ4v) is 3.53. The second kappa shape index (κ2) is 6.82. The zero-order valence-electron chi connectivity index (χ0n) is 13.0. The normalized spacial score (nSPS) is 12.8. The van der Waals surface area contributed by atoms with E-state index in [2.05, 4.69) is 5.10 Å². The van der Waals surface area contributed by atoms with Crippen LogP contribution in [0.25, 0.3) is 5.69 Å². The van der Waals surface area contributed by atoms with Gasteiger partial charge in [0.05, 0.1) is 16.8 Å². The Morgan fingerprint density at radius 1 is 1.04 bits per heavy atom. The molecule has 0 atom stereocenters. The Balaban J connectivity index is 1.66. The Morgan fingerprint density at radius 2 is 1.80 bits per heavy atom. The lowest BCUT2D eigenvalue weighted by molar-refractivity contribution is 0.171. The van der Waals surface area contributed by atoms with Gasteiger partial charge < -0.3 is 9.47 Å². The monoisotopic (exact) mass is 372 g/mol. The molecule has 2 aromatic carbocycles. The fourth-order valence-electron chi connectivity index (χ4n) is 2.46. The highest BCUT2D eigenvalue weighted by Gasteiger charge is 2.15. The maximum atomic E-state index is 12.5. The summed E-state index contributed by atoms with van der Waals surface area (Å²) in [5, 5.41) is 4.37. The third-order valence-electron chi connectivity index (χ3n) is 3.63. The van der Waals surface area contributed by atoms with Gasteiger partial charge in [-0.15, -0.1) is 0 Å². The van der Waals surface area contributed by atoms with E-state index in [1.165, 1.54) is 16.4 Å². The van der Waals surface area contributed by atoms with E-state index >= 15 is 0 Å². The van der Waals surface area contributed by atoms with Gasteiger partial charge in [0.2, 0.25) is 0 Å². The molecule has 0 saturated carbocycles. The first-order chi connectivity index (χ1) is 12.2. The SMILES string of the molecule is O=c1c(Cl)c(Sc2ccc3c(c2)OCCO3)cnn1-c1ccccc1. The van der Waals surface area contributed by atoms with E-state index in [9.17, 15) is 4.79 Å². The van der Waals surface area contributed by atoms with Crippen molar-refractivity contribution >= 4 is 23.4 Å². The molecule has 0 unspecified atom stereocenters. The third-order valence-corrected chi connectivity index (χ3v) is 5.13. The number of halogens is 1. The van der Waals surface area contributed by atoms with Crippen LogP contribution in [0.15, 0.2) is 69.3 Å². The van der Waals surface area contributed by atoms with Gasteiger partial charge in [0.1, 0.15) is 18.2 Å². The Kier molecular flexibility index (Phi) is 4.38. The van der Waals surface area contributed by atoms with E-state index in [1.807, 2.05) is 36.4 Å². The molecule has 3 aromatic rings. The summed E-state index contributed by atoms with van der Waals surface area (Å²) < 4.78 is 12.4. The van der Waals surface area contributed by atoms with Crippen molar-refractivity contribution in [2.24, 2.45) is 0 Å². The molecular weight excluding hydrogens is 360 g/mol. The van der Waals surface area contributed by atoms with Gasteiger partial charge in [-0.2, -0.15) is 9.78 Å². The summed E-state index contributed by atoms with van der Waals surface area (Å²) in [7, 11) is 0. The number of aromatic nitrogens is 2. The van der Waals surface area contributed by atoms with Gasteiger partial charge in [-0.25, -0.2) is 0 Å². The first-order valence-corrected chi connectivity index (χ1v) is 8.82. The predicted octanol–water partition coefficient (Wildman–Crippen LogP) is 3.81. The Labute approximate surface area is 153 Å². The molecule has 25 heavy (non-hydrogen) atoms. The van der Waals surface area contributed by atoms with Gasteiger partial charge >= 0.3 is 0 Å². The van der Waals surface area contributed by atoms with Gasteiger partial charge in [-0.1, -0.05) is 41.6 Å². The highest BCUT2D eigenvalue weighted by atomic mass is 35.5. The second-order valence-corrected chi connectivity index (χ2v) is 6.78. The van der Waals surface area contributed by atoms with Crippen molar-refractivity contribution in [2.75, 3.05) is 13.2 Å². The van der Waals surface area contributed by atoms with Crippen LogP contribution in [0.5, 0.6) is 11.5 Å². The maximum absolute atomic E-state index is 12.5. The molecule has 7 heteroatoms. The van der Waals surface area contributed by atoms with Crippen molar-refractivity contribution in [1.29, 1.82) is 0 Å². The van der Waals surface area contributed by atoms with Crippen molar-refractivity contribution in [2.45, 2.75) is 9.79 Å². The number of benzene rings is 2. The van der Waals surface area contributed by atoms with Crippen LogP contribution in [-0.2, 0) is 0 Å². The molecule has 1 aliphatic heterocycles. The first kappa shape index (κ1) is 16.1. The van der Waals surface area contributed by atoms with Crippen LogP contribution >= 0.6 is 23.4 Å². The Morgan fingerprint density at radius 3 is 2.60 bits per heavy atom. The molecule has 1 aromatic heterocycles. The number of hydrogen-bond acceptors (Lipinski definition) is 5. The van der Waals surface area contributed by atoms with E-state index in [4.69, 9.17) is 21.1 Å². The molecule has 126 valence electrons. The lowest BCUT2D eigenvalue weighted by Crippen LogP contribution is -2.21. The predicted molar refractivity (Wildman–Crippen MR) is 96.4 cm³/mol. The summed E-state index contributed by atoms with van der Waals surface area (Å²) in [6.45, 7) is 1.07. The molecule has 4 rings (SSSR count). The number of rotatable bonds is 3. The smallest absolute Gasteiger partial charge is 0.291 e. The quantitative estimate of drug-likeness (QED) is 0.699. The van der Waals surface area contributed by atoms with Crippen molar-refractivity contribution in [3.8, 4) is 17.2 Å². The first-order valence-electron chi connectivity index (χ1n) is 7.63. The van der Waals surface area contributed by atoms with Crippen molar-refractivity contribution in [1.82, 2.24) is 9.78 Å². The van der Waals surface area contributed by atoms with Crippen LogP contribution in [0.2, 0.25) is 5.02 Å². The summed E-state index contributed by atoms with van der Waals surface area (Å²) >= 11 is 7.65. The lowest BCUT2D eigenvalue weighted by Gasteiger charge is -2.18. The Hall–Kier alpha value is -2.44. The van der Waals surface area contributed by atoms with Gasteiger partial charge in [-0.3, -0.25) is 4.79 Å². The molecule has 0 bridgehead atoms. The van der Waals surface area contributed by atoms with Crippen LogP contribution in [-0.4, -0.2) is 23.0 Å². The molecule has 0 fully saturated rings. The standard InChI is InChI=1S/C18H13ClN2O3S/c19-17-16(11-20-21(18(17)22)12-4-2-1-3-5-12)25-13-6-7-14-15(10-13)24-9-8-23-14/h1-7,10-11H,8-9H2. The van der Waals surface area contributed by atoms with Gasteiger partial charge in [0, 0.05) is 4.90 Å². The number of nitrogens with zero attached hydrogens (tertiary/aromatic N) is 2. The second-order valence-electron chi connectivity index (χ2n) is 5.28. The average Bonchev–Trinajstić information content (AvgIpc) is 2.66. The van der Waals surface area contributed by atoms with Crippen LogP contribution in [0.1, 0.15) is 0 Å². The summed E-state index contributed by atoms with van der Waals surface area (Å²) in [5.41, 5.74) is 0.320. The number of para-hydroxylation sites is 1. The summed E-state index contributed by atoms with van der Waals surface area (Å²) in [6.07, 6.45) is 1.60. The highest BCUT2D eigenvalue weighted by molar-refractivity contribution is 7.99. The van der Waals surface area contributed by atoms with Gasteiger partial charge in [0.15, 0.2) is 11.5 Å². The fraction of sp³-hybridized carbons (Fsp3) is 0.111. The van der Waals surface area contributed by atoms with Crippen LogP contribution in [0.3, 0.4) is 0 Å². The zero-order chi connectivity index (χ0) is 17.2. The van der Waals surface area contributed by atoms with Gasteiger partial charge in [-0.05, 0) is 30.3 Å².